The van der Waals surface area contributed by atoms with Crippen LogP contribution in [-0.4, -0.2) is 6.66 Å². The average Bonchev–Trinajstić information content (AvgIpc) is 2.66. The highest BCUT2D eigenvalue weighted by molar-refractivity contribution is 7.47. The van der Waals surface area contributed by atoms with Gasteiger partial charge in [-0.15, -0.1) is 0 Å². The van der Waals surface area contributed by atoms with E-state index in [9.17, 15) is 0 Å². The van der Waals surface area contributed by atoms with Crippen molar-refractivity contribution in [2.24, 2.45) is 0 Å². The SMILES string of the molecule is CPc1cc(-c2ccccc2)c2ccc3cccc4ccc1c2c43. The van der Waals surface area contributed by atoms with Crippen LogP contribution in [0.4, 0.5) is 0 Å². The molecule has 1 unspecified atom stereocenters. The Bertz CT molecular complexity index is 1160. The number of hydrogen-bond donors (Lipinski definition) is 0. The maximum absolute atomic E-state index is 2.40. The normalized spacial score (nSPS) is 12.2. The van der Waals surface area contributed by atoms with Crippen molar-refractivity contribution in [2.75, 3.05) is 6.66 Å². The molecule has 0 fully saturated rings. The topological polar surface area (TPSA) is 0 Å². The van der Waals surface area contributed by atoms with E-state index in [2.05, 4.69) is 85.5 Å². The maximum Gasteiger partial charge on any atom is -0.00142 e. The van der Waals surface area contributed by atoms with Crippen LogP contribution in [0.15, 0.2) is 78.9 Å². The summed E-state index contributed by atoms with van der Waals surface area (Å²) in [6.07, 6.45) is 0. The zero-order chi connectivity index (χ0) is 16.1. The molecule has 0 aliphatic heterocycles. The molecule has 5 rings (SSSR count). The van der Waals surface area contributed by atoms with E-state index in [4.69, 9.17) is 0 Å². The molecule has 0 N–H and O–H groups in total. The molecule has 24 heavy (non-hydrogen) atoms. The second-order valence-corrected chi connectivity index (χ2v) is 7.31. The largest absolute Gasteiger partial charge is 0.0929 e. The van der Waals surface area contributed by atoms with E-state index in [0.29, 0.717) is 0 Å². The van der Waals surface area contributed by atoms with Gasteiger partial charge in [0.15, 0.2) is 0 Å². The molecular formula is C23H17P. The van der Waals surface area contributed by atoms with Gasteiger partial charge in [0.25, 0.3) is 0 Å². The van der Waals surface area contributed by atoms with E-state index < -0.39 is 0 Å². The van der Waals surface area contributed by atoms with Gasteiger partial charge in [0.1, 0.15) is 0 Å². The van der Waals surface area contributed by atoms with Gasteiger partial charge in [-0.05, 0) is 61.5 Å². The predicted molar refractivity (Wildman–Crippen MR) is 109 cm³/mol. The van der Waals surface area contributed by atoms with E-state index in [0.717, 1.165) is 8.58 Å². The lowest BCUT2D eigenvalue weighted by atomic mass is 9.90. The zero-order valence-corrected chi connectivity index (χ0v) is 14.5. The smallest absolute Gasteiger partial charge is 0.00142 e. The van der Waals surface area contributed by atoms with Crippen molar-refractivity contribution < 1.29 is 0 Å². The Morgan fingerprint density at radius 3 is 2.04 bits per heavy atom. The van der Waals surface area contributed by atoms with E-state index in [1.54, 1.807) is 0 Å². The summed E-state index contributed by atoms with van der Waals surface area (Å²) in [7, 11) is 0.789. The Morgan fingerprint density at radius 1 is 0.625 bits per heavy atom. The van der Waals surface area contributed by atoms with Crippen LogP contribution < -0.4 is 5.30 Å². The third kappa shape index (κ3) is 1.90. The lowest BCUT2D eigenvalue weighted by Crippen LogP contribution is -2.00. The molecule has 0 saturated carbocycles. The van der Waals surface area contributed by atoms with Crippen LogP contribution in [-0.2, 0) is 0 Å². The van der Waals surface area contributed by atoms with Crippen molar-refractivity contribution in [1.29, 1.82) is 0 Å². The zero-order valence-electron chi connectivity index (χ0n) is 13.5. The van der Waals surface area contributed by atoms with Crippen LogP contribution in [0.25, 0.3) is 43.4 Å². The van der Waals surface area contributed by atoms with Crippen LogP contribution in [0.2, 0.25) is 0 Å². The molecular weight excluding hydrogens is 307 g/mol. The van der Waals surface area contributed by atoms with Gasteiger partial charge >= 0.3 is 0 Å². The van der Waals surface area contributed by atoms with Gasteiger partial charge in [-0.1, -0.05) is 81.4 Å². The fraction of sp³-hybridized carbons (Fsp3) is 0.0435. The van der Waals surface area contributed by atoms with Crippen molar-refractivity contribution in [2.45, 2.75) is 0 Å². The van der Waals surface area contributed by atoms with Crippen molar-refractivity contribution >= 4 is 46.2 Å². The minimum atomic E-state index is 0.789. The van der Waals surface area contributed by atoms with E-state index in [1.807, 2.05) is 0 Å². The predicted octanol–water partition coefficient (Wildman–Crippen LogP) is 6.18. The molecule has 0 aliphatic carbocycles. The Hall–Kier alpha value is -2.43. The fourth-order valence-corrected chi connectivity index (χ4v) is 4.66. The third-order valence-electron chi connectivity index (χ3n) is 5.00. The lowest BCUT2D eigenvalue weighted by molar-refractivity contribution is 1.67. The van der Waals surface area contributed by atoms with E-state index in [1.165, 1.54) is 48.7 Å². The first-order valence-corrected chi connectivity index (χ1v) is 9.80. The summed E-state index contributed by atoms with van der Waals surface area (Å²) >= 11 is 0. The highest BCUT2D eigenvalue weighted by atomic mass is 31.1. The summed E-state index contributed by atoms with van der Waals surface area (Å²) in [5.74, 6) is 0. The molecule has 0 heterocycles. The van der Waals surface area contributed by atoms with E-state index in [-0.39, 0.29) is 0 Å². The van der Waals surface area contributed by atoms with Gasteiger partial charge in [0.2, 0.25) is 0 Å². The molecule has 0 amide bonds. The minimum Gasteiger partial charge on any atom is -0.0929 e. The molecule has 0 bridgehead atoms. The number of rotatable bonds is 2. The average molecular weight is 324 g/mol. The summed E-state index contributed by atoms with van der Waals surface area (Å²) in [6, 6.07) is 28.9. The Kier molecular flexibility index (Phi) is 3.08. The maximum atomic E-state index is 2.40. The Labute approximate surface area is 143 Å². The molecule has 114 valence electrons. The molecule has 1 atom stereocenters. The molecule has 0 saturated heterocycles. The van der Waals surface area contributed by atoms with Gasteiger partial charge in [-0.2, -0.15) is 0 Å². The van der Waals surface area contributed by atoms with Crippen molar-refractivity contribution in [3.63, 3.8) is 0 Å². The quantitative estimate of drug-likeness (QED) is 0.268. The molecule has 5 aromatic rings. The first-order valence-electron chi connectivity index (χ1n) is 8.30. The lowest BCUT2D eigenvalue weighted by Gasteiger charge is -2.17. The fourth-order valence-electron chi connectivity index (χ4n) is 3.89. The number of hydrogen-bond acceptors (Lipinski definition) is 0. The first-order chi connectivity index (χ1) is 11.9. The highest BCUT2D eigenvalue weighted by Crippen LogP contribution is 2.39. The number of benzene rings is 5. The Balaban J connectivity index is 2.05. The summed E-state index contributed by atoms with van der Waals surface area (Å²) in [4.78, 5) is 0. The summed E-state index contributed by atoms with van der Waals surface area (Å²) < 4.78 is 0. The van der Waals surface area contributed by atoms with Gasteiger partial charge < -0.3 is 0 Å². The van der Waals surface area contributed by atoms with Gasteiger partial charge in [-0.3, -0.25) is 0 Å². The van der Waals surface area contributed by atoms with Crippen LogP contribution in [0, 0.1) is 0 Å². The second-order valence-electron chi connectivity index (χ2n) is 6.27. The summed E-state index contributed by atoms with van der Waals surface area (Å²) in [6.45, 7) is 2.28. The molecule has 0 spiro atoms. The van der Waals surface area contributed by atoms with Crippen molar-refractivity contribution in [1.82, 2.24) is 0 Å². The first kappa shape index (κ1) is 14.0. The standard InChI is InChI=1S/C23H17P/c1-24-21-14-20(15-6-3-2-4-7-15)18-12-10-16-8-5-9-17-11-13-19(21)23(18)22(16)17/h2-14,24H,1H3. The minimum absolute atomic E-state index is 0.789. The molecule has 1 heteroatoms. The molecule has 0 aromatic heterocycles. The van der Waals surface area contributed by atoms with Crippen LogP contribution in [0.5, 0.6) is 0 Å². The molecule has 0 radical (unpaired) electrons. The van der Waals surface area contributed by atoms with Crippen LogP contribution in [0.3, 0.4) is 0 Å². The molecule has 0 nitrogen and oxygen atoms in total. The summed E-state index contributed by atoms with van der Waals surface area (Å²) in [5.41, 5.74) is 2.65. The highest BCUT2D eigenvalue weighted by Gasteiger charge is 2.14. The monoisotopic (exact) mass is 324 g/mol. The van der Waals surface area contributed by atoms with Crippen LogP contribution in [0.1, 0.15) is 0 Å². The van der Waals surface area contributed by atoms with Gasteiger partial charge in [-0.25, -0.2) is 0 Å². The molecule has 0 aliphatic rings. The second kappa shape index (κ2) is 5.30. The van der Waals surface area contributed by atoms with Crippen molar-refractivity contribution in [3.05, 3.63) is 78.9 Å². The van der Waals surface area contributed by atoms with Gasteiger partial charge in [0.05, 0.1) is 0 Å². The van der Waals surface area contributed by atoms with E-state index >= 15 is 0 Å². The van der Waals surface area contributed by atoms with Gasteiger partial charge in [0, 0.05) is 0 Å². The Morgan fingerprint density at radius 2 is 1.33 bits per heavy atom. The molecule has 5 aromatic carbocycles. The van der Waals surface area contributed by atoms with Crippen molar-refractivity contribution in [3.8, 4) is 11.1 Å². The third-order valence-corrected chi connectivity index (χ3v) is 5.95. The summed E-state index contributed by atoms with van der Waals surface area (Å²) in [5, 5.41) is 9.74. The van der Waals surface area contributed by atoms with Crippen LogP contribution >= 0.6 is 8.58 Å².